The van der Waals surface area contributed by atoms with Gasteiger partial charge < -0.3 is 5.32 Å². The van der Waals surface area contributed by atoms with Gasteiger partial charge in [-0.25, -0.2) is 0 Å². The van der Waals surface area contributed by atoms with Crippen LogP contribution < -0.4 is 5.32 Å². The Labute approximate surface area is 147 Å². The molecule has 0 radical (unpaired) electrons. The smallest absolute Gasteiger partial charge is 0.224 e. The Morgan fingerprint density at radius 2 is 1.96 bits per heavy atom. The van der Waals surface area contributed by atoms with Gasteiger partial charge in [-0.3, -0.25) is 9.78 Å². The number of carbonyl (C=O) groups is 1. The van der Waals surface area contributed by atoms with Crippen LogP contribution in [0, 0.1) is 0 Å². The van der Waals surface area contributed by atoms with E-state index in [2.05, 4.69) is 26.2 Å². The van der Waals surface area contributed by atoms with Crippen LogP contribution >= 0.6 is 27.3 Å². The fourth-order valence-corrected chi connectivity index (χ4v) is 3.15. The van der Waals surface area contributed by atoms with Crippen LogP contribution in [0.4, 0.5) is 0 Å². The molecule has 0 saturated heterocycles. The van der Waals surface area contributed by atoms with Crippen LogP contribution in [0.15, 0.2) is 64.6 Å². The minimum Gasteiger partial charge on any atom is -0.352 e. The fraction of sp³-hybridized carbons (Fsp3) is 0.111. The Morgan fingerprint density at radius 1 is 1.13 bits per heavy atom. The molecule has 1 aromatic carbocycles. The summed E-state index contributed by atoms with van der Waals surface area (Å²) >= 11 is 5.05. The largest absolute Gasteiger partial charge is 0.352 e. The molecule has 116 valence electrons. The second-order valence-electron chi connectivity index (χ2n) is 5.11. The standard InChI is InChI=1S/C18H15BrN2OS/c19-15-5-3-13(4-6-15)11-18(22)21-12-14-7-8-20-16(10-14)17-2-1-9-23-17/h1-10H,11-12H2,(H,21,22). The summed E-state index contributed by atoms with van der Waals surface area (Å²) in [7, 11) is 0. The number of rotatable bonds is 5. The summed E-state index contributed by atoms with van der Waals surface area (Å²) in [5.41, 5.74) is 2.99. The van der Waals surface area contributed by atoms with Gasteiger partial charge in [0.05, 0.1) is 17.0 Å². The molecule has 3 nitrogen and oxygen atoms in total. The number of nitrogens with one attached hydrogen (secondary N) is 1. The van der Waals surface area contributed by atoms with Gasteiger partial charge in [-0.05, 0) is 46.8 Å². The minimum atomic E-state index is 0.0156. The molecule has 5 heteroatoms. The Balaban J connectivity index is 1.58. The van der Waals surface area contributed by atoms with Crippen molar-refractivity contribution >= 4 is 33.2 Å². The minimum absolute atomic E-state index is 0.0156. The second kappa shape index (κ2) is 7.53. The first-order valence-corrected chi connectivity index (χ1v) is 8.88. The van der Waals surface area contributed by atoms with E-state index in [1.54, 1.807) is 17.5 Å². The summed E-state index contributed by atoms with van der Waals surface area (Å²) in [6.07, 6.45) is 2.17. The van der Waals surface area contributed by atoms with E-state index in [-0.39, 0.29) is 5.91 Å². The number of hydrogen-bond acceptors (Lipinski definition) is 3. The fourth-order valence-electron chi connectivity index (χ4n) is 2.19. The van der Waals surface area contributed by atoms with Crippen LogP contribution in [0.1, 0.15) is 11.1 Å². The predicted octanol–water partition coefficient (Wildman–Crippen LogP) is 4.43. The van der Waals surface area contributed by atoms with Crippen molar-refractivity contribution in [2.24, 2.45) is 0 Å². The lowest BCUT2D eigenvalue weighted by molar-refractivity contribution is -0.120. The van der Waals surface area contributed by atoms with Crippen LogP contribution in [-0.4, -0.2) is 10.9 Å². The van der Waals surface area contributed by atoms with Crippen molar-refractivity contribution in [2.45, 2.75) is 13.0 Å². The lowest BCUT2D eigenvalue weighted by Crippen LogP contribution is -2.24. The Morgan fingerprint density at radius 3 is 2.70 bits per heavy atom. The first-order chi connectivity index (χ1) is 11.2. The second-order valence-corrected chi connectivity index (χ2v) is 6.97. The van der Waals surface area contributed by atoms with Crippen LogP contribution in [0.3, 0.4) is 0 Å². The molecule has 2 heterocycles. The van der Waals surface area contributed by atoms with Gasteiger partial charge in [0.15, 0.2) is 0 Å². The number of thiophene rings is 1. The molecule has 3 rings (SSSR count). The number of carbonyl (C=O) groups excluding carboxylic acids is 1. The van der Waals surface area contributed by atoms with E-state index in [9.17, 15) is 4.79 Å². The third kappa shape index (κ3) is 4.50. The maximum Gasteiger partial charge on any atom is 0.224 e. The van der Waals surface area contributed by atoms with Gasteiger partial charge >= 0.3 is 0 Å². The molecule has 0 aliphatic heterocycles. The number of aromatic nitrogens is 1. The molecule has 1 N–H and O–H groups in total. The van der Waals surface area contributed by atoms with Crippen molar-refractivity contribution in [1.82, 2.24) is 10.3 Å². The average Bonchev–Trinajstić information content (AvgIpc) is 3.10. The quantitative estimate of drug-likeness (QED) is 0.704. The van der Waals surface area contributed by atoms with Gasteiger partial charge in [0.25, 0.3) is 0 Å². The Hall–Kier alpha value is -1.98. The normalized spacial score (nSPS) is 10.5. The SMILES string of the molecule is O=C(Cc1ccc(Br)cc1)NCc1ccnc(-c2cccs2)c1. The van der Waals surface area contributed by atoms with Crippen LogP contribution in [0.25, 0.3) is 10.6 Å². The number of benzene rings is 1. The predicted molar refractivity (Wildman–Crippen MR) is 97.2 cm³/mol. The number of hydrogen-bond donors (Lipinski definition) is 1. The van der Waals surface area contributed by atoms with Gasteiger partial charge in [-0.2, -0.15) is 0 Å². The summed E-state index contributed by atoms with van der Waals surface area (Å²) in [6, 6.07) is 15.8. The highest BCUT2D eigenvalue weighted by molar-refractivity contribution is 9.10. The van der Waals surface area contributed by atoms with Crippen LogP contribution in [0.5, 0.6) is 0 Å². The maximum atomic E-state index is 12.0. The van der Waals surface area contributed by atoms with Crippen molar-refractivity contribution in [1.29, 1.82) is 0 Å². The molecule has 1 amide bonds. The molecule has 0 saturated carbocycles. The van der Waals surface area contributed by atoms with Crippen LogP contribution in [-0.2, 0) is 17.8 Å². The average molecular weight is 387 g/mol. The molecule has 3 aromatic rings. The summed E-state index contributed by atoms with van der Waals surface area (Å²) < 4.78 is 1.01. The number of pyridine rings is 1. The summed E-state index contributed by atoms with van der Waals surface area (Å²) in [5, 5.41) is 4.99. The summed E-state index contributed by atoms with van der Waals surface area (Å²) in [4.78, 5) is 17.6. The van der Waals surface area contributed by atoms with Gasteiger partial charge in [0, 0.05) is 17.2 Å². The van der Waals surface area contributed by atoms with Crippen molar-refractivity contribution in [2.75, 3.05) is 0 Å². The van der Waals surface area contributed by atoms with Crippen molar-refractivity contribution in [3.63, 3.8) is 0 Å². The topological polar surface area (TPSA) is 42.0 Å². The van der Waals surface area contributed by atoms with E-state index < -0.39 is 0 Å². The monoisotopic (exact) mass is 386 g/mol. The van der Waals surface area contributed by atoms with Gasteiger partial charge in [0.1, 0.15) is 0 Å². The number of amides is 1. The molecule has 0 bridgehead atoms. The van der Waals surface area contributed by atoms with Gasteiger partial charge in [-0.1, -0.05) is 34.1 Å². The zero-order chi connectivity index (χ0) is 16.1. The van der Waals surface area contributed by atoms with E-state index >= 15 is 0 Å². The van der Waals surface area contributed by atoms with E-state index in [1.165, 1.54) is 0 Å². The molecular formula is C18H15BrN2OS. The van der Waals surface area contributed by atoms with E-state index in [0.717, 1.165) is 26.2 Å². The summed E-state index contributed by atoms with van der Waals surface area (Å²) in [6.45, 7) is 0.510. The highest BCUT2D eigenvalue weighted by Gasteiger charge is 2.05. The molecular weight excluding hydrogens is 372 g/mol. The van der Waals surface area contributed by atoms with Crippen molar-refractivity contribution in [3.05, 3.63) is 75.7 Å². The molecule has 2 aromatic heterocycles. The van der Waals surface area contributed by atoms with E-state index in [1.807, 2.05) is 53.9 Å². The van der Waals surface area contributed by atoms with Crippen LogP contribution in [0.2, 0.25) is 0 Å². The molecule has 0 fully saturated rings. The molecule has 0 atom stereocenters. The zero-order valence-corrected chi connectivity index (χ0v) is 14.7. The summed E-state index contributed by atoms with van der Waals surface area (Å²) in [5.74, 6) is 0.0156. The van der Waals surface area contributed by atoms with Gasteiger partial charge in [0.2, 0.25) is 5.91 Å². The Bertz CT molecular complexity index is 785. The molecule has 0 spiro atoms. The first-order valence-electron chi connectivity index (χ1n) is 7.21. The van der Waals surface area contributed by atoms with E-state index in [0.29, 0.717) is 13.0 Å². The molecule has 0 aliphatic carbocycles. The molecule has 0 aliphatic rings. The molecule has 0 unspecified atom stereocenters. The van der Waals surface area contributed by atoms with Crippen molar-refractivity contribution < 1.29 is 4.79 Å². The number of nitrogens with zero attached hydrogens (tertiary/aromatic N) is 1. The highest BCUT2D eigenvalue weighted by Crippen LogP contribution is 2.22. The first kappa shape index (κ1) is 15.9. The third-order valence-corrected chi connectivity index (χ3v) is 4.79. The van der Waals surface area contributed by atoms with E-state index in [4.69, 9.17) is 0 Å². The molecule has 23 heavy (non-hydrogen) atoms. The lowest BCUT2D eigenvalue weighted by atomic mass is 10.1. The van der Waals surface area contributed by atoms with Crippen molar-refractivity contribution in [3.8, 4) is 10.6 Å². The number of halogens is 1. The zero-order valence-electron chi connectivity index (χ0n) is 12.3. The lowest BCUT2D eigenvalue weighted by Gasteiger charge is -2.07. The maximum absolute atomic E-state index is 12.0. The third-order valence-electron chi connectivity index (χ3n) is 3.37. The van der Waals surface area contributed by atoms with Gasteiger partial charge in [-0.15, -0.1) is 11.3 Å². The Kier molecular flexibility index (Phi) is 5.20. The highest BCUT2D eigenvalue weighted by atomic mass is 79.9.